The van der Waals surface area contributed by atoms with Gasteiger partial charge in [0.1, 0.15) is 24.2 Å². The molecule has 0 aliphatic rings. The highest BCUT2D eigenvalue weighted by atomic mass is 16.5. The van der Waals surface area contributed by atoms with E-state index in [0.717, 1.165) is 11.3 Å². The van der Waals surface area contributed by atoms with Crippen LogP contribution in [0.15, 0.2) is 40.9 Å². The van der Waals surface area contributed by atoms with Gasteiger partial charge in [0.15, 0.2) is 11.5 Å². The zero-order valence-corrected chi connectivity index (χ0v) is 19.1. The number of methoxy groups -OCH3 is 3. The molecule has 9 heteroatoms. The van der Waals surface area contributed by atoms with E-state index in [-0.39, 0.29) is 0 Å². The molecule has 0 fully saturated rings. The Hall–Kier alpha value is -4.19. The minimum atomic E-state index is -0.929. The van der Waals surface area contributed by atoms with Crippen molar-refractivity contribution < 1.29 is 28.3 Å². The third kappa shape index (κ3) is 5.18. The van der Waals surface area contributed by atoms with Crippen LogP contribution in [-0.2, 0) is 6.61 Å². The van der Waals surface area contributed by atoms with Crippen LogP contribution in [0.2, 0.25) is 0 Å². The smallest absolute Gasteiger partial charge is 0.252 e. The van der Waals surface area contributed by atoms with Crippen molar-refractivity contribution in [1.29, 1.82) is 5.26 Å². The van der Waals surface area contributed by atoms with Gasteiger partial charge in [0.05, 0.1) is 38.7 Å². The van der Waals surface area contributed by atoms with E-state index in [2.05, 4.69) is 16.5 Å². The topological polar surface area (TPSA) is 116 Å². The molecule has 2 aromatic carbocycles. The highest BCUT2D eigenvalue weighted by Crippen LogP contribution is 2.39. The number of benzene rings is 2. The molecule has 0 aliphatic heterocycles. The molecule has 0 saturated carbocycles. The number of ether oxygens (including phenoxy) is 4. The van der Waals surface area contributed by atoms with Gasteiger partial charge in [0, 0.05) is 5.56 Å². The summed E-state index contributed by atoms with van der Waals surface area (Å²) in [5.74, 6) is 2.07. The lowest BCUT2D eigenvalue weighted by Gasteiger charge is -2.17. The molecule has 1 N–H and O–H groups in total. The fourth-order valence-electron chi connectivity index (χ4n) is 3.24. The van der Waals surface area contributed by atoms with Crippen molar-refractivity contribution >= 4 is 5.91 Å². The van der Waals surface area contributed by atoms with Gasteiger partial charge < -0.3 is 28.8 Å². The maximum atomic E-state index is 12.8. The summed E-state index contributed by atoms with van der Waals surface area (Å²) in [6, 6.07) is 11.0. The summed E-state index contributed by atoms with van der Waals surface area (Å²) in [6.45, 7) is 3.98. The average molecular weight is 451 g/mol. The van der Waals surface area contributed by atoms with E-state index in [0.29, 0.717) is 46.5 Å². The Morgan fingerprint density at radius 1 is 1.09 bits per heavy atom. The standard InChI is InChI=1S/C24H25N3O6/c1-14-19(15(2)33-27-14)13-32-18-8-6-16(7-9-18)24(28)26-20(12-25)17-10-21(29-3)23(31-5)22(11-17)30-4/h6-11,20H,13H2,1-5H3,(H,26,28). The van der Waals surface area contributed by atoms with Gasteiger partial charge in [-0.1, -0.05) is 5.16 Å². The molecule has 1 aromatic heterocycles. The number of hydrogen-bond donors (Lipinski definition) is 1. The fourth-order valence-corrected chi connectivity index (χ4v) is 3.24. The number of rotatable bonds is 9. The molecule has 172 valence electrons. The van der Waals surface area contributed by atoms with Gasteiger partial charge in [-0.25, -0.2) is 0 Å². The van der Waals surface area contributed by atoms with Crippen LogP contribution in [0, 0.1) is 25.2 Å². The summed E-state index contributed by atoms with van der Waals surface area (Å²) in [5, 5.41) is 16.3. The largest absolute Gasteiger partial charge is 0.493 e. The van der Waals surface area contributed by atoms with E-state index in [9.17, 15) is 10.1 Å². The molecule has 0 aliphatic carbocycles. The van der Waals surface area contributed by atoms with Crippen LogP contribution in [0.1, 0.15) is 39.0 Å². The first-order valence-corrected chi connectivity index (χ1v) is 10.1. The molecular weight excluding hydrogens is 426 g/mol. The molecule has 0 saturated heterocycles. The zero-order chi connectivity index (χ0) is 24.0. The SMILES string of the molecule is COc1cc(C(C#N)NC(=O)c2ccc(OCc3c(C)noc3C)cc2)cc(OC)c1OC. The molecule has 1 amide bonds. The molecule has 0 spiro atoms. The van der Waals surface area contributed by atoms with Gasteiger partial charge >= 0.3 is 0 Å². The lowest BCUT2D eigenvalue weighted by atomic mass is 10.1. The number of nitrogens with one attached hydrogen (secondary N) is 1. The maximum absolute atomic E-state index is 12.8. The van der Waals surface area contributed by atoms with E-state index in [1.807, 2.05) is 13.8 Å². The van der Waals surface area contributed by atoms with E-state index in [1.165, 1.54) is 21.3 Å². The van der Waals surface area contributed by atoms with Crippen LogP contribution in [0.25, 0.3) is 0 Å². The Kier molecular flexibility index (Phi) is 7.41. The molecule has 0 radical (unpaired) electrons. The van der Waals surface area contributed by atoms with Gasteiger partial charge in [0.2, 0.25) is 5.75 Å². The number of amides is 1. The highest BCUT2D eigenvalue weighted by Gasteiger charge is 2.21. The highest BCUT2D eigenvalue weighted by molar-refractivity contribution is 5.94. The van der Waals surface area contributed by atoms with Crippen LogP contribution in [0.5, 0.6) is 23.0 Å². The Bertz CT molecular complexity index is 1120. The molecule has 1 unspecified atom stereocenters. The van der Waals surface area contributed by atoms with Crippen molar-refractivity contribution in [1.82, 2.24) is 10.5 Å². The van der Waals surface area contributed by atoms with E-state index >= 15 is 0 Å². The van der Waals surface area contributed by atoms with Crippen molar-refractivity contribution in [3.8, 4) is 29.1 Å². The third-order valence-corrected chi connectivity index (χ3v) is 5.11. The van der Waals surface area contributed by atoms with Crippen molar-refractivity contribution in [2.45, 2.75) is 26.5 Å². The predicted molar refractivity (Wildman–Crippen MR) is 119 cm³/mol. The first-order chi connectivity index (χ1) is 15.9. The van der Waals surface area contributed by atoms with Crippen molar-refractivity contribution in [3.05, 3.63) is 64.5 Å². The number of nitriles is 1. The molecule has 1 atom stereocenters. The summed E-state index contributed by atoms with van der Waals surface area (Å²) < 4.78 is 26.9. The summed E-state index contributed by atoms with van der Waals surface area (Å²) in [4.78, 5) is 12.8. The number of carbonyl (C=O) groups is 1. The number of aryl methyl sites for hydroxylation is 2. The molecule has 33 heavy (non-hydrogen) atoms. The lowest BCUT2D eigenvalue weighted by molar-refractivity contribution is 0.0945. The second-order valence-electron chi connectivity index (χ2n) is 7.11. The van der Waals surface area contributed by atoms with Crippen molar-refractivity contribution in [3.63, 3.8) is 0 Å². The van der Waals surface area contributed by atoms with E-state index < -0.39 is 11.9 Å². The summed E-state index contributed by atoms with van der Waals surface area (Å²) in [7, 11) is 4.46. The second kappa shape index (κ2) is 10.4. The predicted octanol–water partition coefficient (Wildman–Crippen LogP) is 3.89. The van der Waals surface area contributed by atoms with Crippen LogP contribution in [0.3, 0.4) is 0 Å². The van der Waals surface area contributed by atoms with Crippen LogP contribution < -0.4 is 24.3 Å². The van der Waals surface area contributed by atoms with E-state index in [1.54, 1.807) is 36.4 Å². The summed E-state index contributed by atoms with van der Waals surface area (Å²) >= 11 is 0. The molecule has 3 rings (SSSR count). The quantitative estimate of drug-likeness (QED) is 0.521. The van der Waals surface area contributed by atoms with Gasteiger partial charge in [0.25, 0.3) is 5.91 Å². The first-order valence-electron chi connectivity index (χ1n) is 10.1. The Morgan fingerprint density at radius 2 is 1.73 bits per heavy atom. The number of nitrogens with zero attached hydrogens (tertiary/aromatic N) is 2. The first kappa shape index (κ1) is 23.5. The molecule has 1 heterocycles. The monoisotopic (exact) mass is 451 g/mol. The molecule has 3 aromatic rings. The zero-order valence-electron chi connectivity index (χ0n) is 19.1. The maximum Gasteiger partial charge on any atom is 0.252 e. The number of aromatic nitrogens is 1. The van der Waals surface area contributed by atoms with Crippen LogP contribution in [0.4, 0.5) is 0 Å². The minimum absolute atomic E-state index is 0.310. The van der Waals surface area contributed by atoms with Crippen LogP contribution in [-0.4, -0.2) is 32.4 Å². The molecule has 9 nitrogen and oxygen atoms in total. The third-order valence-electron chi connectivity index (χ3n) is 5.11. The minimum Gasteiger partial charge on any atom is -0.493 e. The summed E-state index contributed by atoms with van der Waals surface area (Å²) in [6.07, 6.45) is 0. The normalized spacial score (nSPS) is 11.3. The van der Waals surface area contributed by atoms with Gasteiger partial charge in [-0.15, -0.1) is 0 Å². The molecular formula is C24H25N3O6. The second-order valence-corrected chi connectivity index (χ2v) is 7.11. The van der Waals surface area contributed by atoms with E-state index in [4.69, 9.17) is 23.5 Å². The fraction of sp³-hybridized carbons (Fsp3) is 0.292. The Labute approximate surface area is 191 Å². The van der Waals surface area contributed by atoms with Gasteiger partial charge in [-0.3, -0.25) is 4.79 Å². The van der Waals surface area contributed by atoms with Gasteiger partial charge in [-0.2, -0.15) is 5.26 Å². The lowest BCUT2D eigenvalue weighted by Crippen LogP contribution is -2.27. The van der Waals surface area contributed by atoms with Crippen molar-refractivity contribution in [2.75, 3.05) is 21.3 Å². The summed E-state index contributed by atoms with van der Waals surface area (Å²) in [5.41, 5.74) is 2.55. The number of hydrogen-bond acceptors (Lipinski definition) is 8. The average Bonchev–Trinajstić information content (AvgIpc) is 3.17. The Balaban J connectivity index is 1.71. The molecule has 0 bridgehead atoms. The van der Waals surface area contributed by atoms with Crippen molar-refractivity contribution in [2.24, 2.45) is 0 Å². The van der Waals surface area contributed by atoms with Crippen LogP contribution >= 0.6 is 0 Å². The number of carbonyl (C=O) groups excluding carboxylic acids is 1. The Morgan fingerprint density at radius 3 is 2.21 bits per heavy atom. The van der Waals surface area contributed by atoms with Gasteiger partial charge in [-0.05, 0) is 55.8 Å².